The fraction of sp³-hybridized carbons (Fsp3) is 0.222. The summed E-state index contributed by atoms with van der Waals surface area (Å²) in [5, 5.41) is 9.90. The maximum atomic E-state index is 13.2. The van der Waals surface area contributed by atoms with E-state index in [4.69, 9.17) is 14.2 Å². The van der Waals surface area contributed by atoms with Crippen LogP contribution in [0.5, 0.6) is 17.2 Å². The number of benzene rings is 2. The minimum Gasteiger partial charge on any atom is -0.497 e. The number of ether oxygens (including phenoxy) is 3. The molecule has 35 heavy (non-hydrogen) atoms. The van der Waals surface area contributed by atoms with Gasteiger partial charge in [0.25, 0.3) is 0 Å². The Labute approximate surface area is 203 Å². The summed E-state index contributed by atoms with van der Waals surface area (Å²) in [7, 11) is 1.62. The number of carbonyl (C=O) groups excluding carboxylic acids is 1. The SMILES string of the molecule is COc1ccc2c(c1)CC(C(=O)Nc1ccc(-c3cn[nH]c3)cc1OCCc1ccccn1)CO2. The molecule has 0 aliphatic carbocycles. The molecule has 2 N–H and O–H groups in total. The van der Waals surface area contributed by atoms with Gasteiger partial charge in [-0.3, -0.25) is 14.9 Å². The van der Waals surface area contributed by atoms with E-state index in [9.17, 15) is 4.79 Å². The van der Waals surface area contributed by atoms with Gasteiger partial charge in [0.2, 0.25) is 5.91 Å². The lowest BCUT2D eigenvalue weighted by Gasteiger charge is -2.25. The molecule has 0 saturated carbocycles. The minimum atomic E-state index is -0.329. The van der Waals surface area contributed by atoms with Crippen LogP contribution in [-0.4, -0.2) is 41.4 Å². The van der Waals surface area contributed by atoms with Crippen LogP contribution >= 0.6 is 0 Å². The largest absolute Gasteiger partial charge is 0.497 e. The van der Waals surface area contributed by atoms with Crippen LogP contribution in [0.1, 0.15) is 11.3 Å². The van der Waals surface area contributed by atoms with Crippen molar-refractivity contribution in [1.29, 1.82) is 0 Å². The monoisotopic (exact) mass is 470 g/mol. The normalized spacial score (nSPS) is 14.5. The molecule has 1 amide bonds. The molecule has 0 saturated heterocycles. The molecule has 1 unspecified atom stereocenters. The summed E-state index contributed by atoms with van der Waals surface area (Å²) in [5.74, 6) is 1.67. The number of carbonyl (C=O) groups is 1. The van der Waals surface area contributed by atoms with Gasteiger partial charge in [0.15, 0.2) is 0 Å². The Morgan fingerprint density at radius 1 is 1.17 bits per heavy atom. The number of hydrogen-bond acceptors (Lipinski definition) is 6. The highest BCUT2D eigenvalue weighted by molar-refractivity contribution is 5.95. The number of amides is 1. The lowest BCUT2D eigenvalue weighted by atomic mass is 9.95. The van der Waals surface area contributed by atoms with Gasteiger partial charge in [0.1, 0.15) is 23.9 Å². The molecule has 0 bridgehead atoms. The Morgan fingerprint density at radius 3 is 2.91 bits per heavy atom. The van der Waals surface area contributed by atoms with Crippen LogP contribution in [0, 0.1) is 5.92 Å². The summed E-state index contributed by atoms with van der Waals surface area (Å²) in [4.78, 5) is 17.5. The molecule has 8 nitrogen and oxygen atoms in total. The van der Waals surface area contributed by atoms with Crippen molar-refractivity contribution in [3.05, 3.63) is 84.4 Å². The zero-order chi connectivity index (χ0) is 24.0. The number of rotatable bonds is 8. The molecule has 1 atom stereocenters. The van der Waals surface area contributed by atoms with Crippen molar-refractivity contribution in [2.75, 3.05) is 25.6 Å². The first-order valence-corrected chi connectivity index (χ1v) is 11.5. The highest BCUT2D eigenvalue weighted by Gasteiger charge is 2.27. The molecule has 1 aliphatic rings. The van der Waals surface area contributed by atoms with Crippen molar-refractivity contribution in [3.8, 4) is 28.4 Å². The van der Waals surface area contributed by atoms with Gasteiger partial charge in [-0.2, -0.15) is 5.10 Å². The van der Waals surface area contributed by atoms with Gasteiger partial charge in [-0.1, -0.05) is 12.1 Å². The van der Waals surface area contributed by atoms with E-state index >= 15 is 0 Å². The fourth-order valence-corrected chi connectivity index (χ4v) is 4.05. The fourth-order valence-electron chi connectivity index (χ4n) is 4.05. The Bertz CT molecular complexity index is 1290. The summed E-state index contributed by atoms with van der Waals surface area (Å²) in [5.41, 5.74) is 4.38. The molecular weight excluding hydrogens is 444 g/mol. The number of anilines is 1. The van der Waals surface area contributed by atoms with E-state index in [0.717, 1.165) is 33.9 Å². The molecule has 178 valence electrons. The molecule has 2 aromatic heterocycles. The van der Waals surface area contributed by atoms with Gasteiger partial charge in [0.05, 0.1) is 31.5 Å². The smallest absolute Gasteiger partial charge is 0.231 e. The van der Waals surface area contributed by atoms with Crippen molar-refractivity contribution in [2.45, 2.75) is 12.8 Å². The summed E-state index contributed by atoms with van der Waals surface area (Å²) >= 11 is 0. The first-order valence-electron chi connectivity index (χ1n) is 11.5. The highest BCUT2D eigenvalue weighted by atomic mass is 16.5. The average molecular weight is 471 g/mol. The van der Waals surface area contributed by atoms with Gasteiger partial charge in [0, 0.05) is 30.1 Å². The van der Waals surface area contributed by atoms with E-state index in [2.05, 4.69) is 20.5 Å². The third kappa shape index (κ3) is 5.27. The quantitative estimate of drug-likeness (QED) is 0.399. The van der Waals surface area contributed by atoms with Crippen LogP contribution in [0.15, 0.2) is 73.2 Å². The third-order valence-electron chi connectivity index (χ3n) is 5.96. The summed E-state index contributed by atoms with van der Waals surface area (Å²) in [6, 6.07) is 17.2. The Balaban J connectivity index is 1.32. The van der Waals surface area contributed by atoms with Crippen LogP contribution in [0.4, 0.5) is 5.69 Å². The molecule has 1 aliphatic heterocycles. The van der Waals surface area contributed by atoms with Crippen LogP contribution in [-0.2, 0) is 17.6 Å². The molecule has 3 heterocycles. The van der Waals surface area contributed by atoms with Crippen molar-refractivity contribution in [3.63, 3.8) is 0 Å². The van der Waals surface area contributed by atoms with Gasteiger partial charge in [-0.15, -0.1) is 0 Å². The van der Waals surface area contributed by atoms with E-state index in [1.165, 1.54) is 0 Å². The zero-order valence-corrected chi connectivity index (χ0v) is 19.4. The Hall–Kier alpha value is -4.33. The van der Waals surface area contributed by atoms with Crippen LogP contribution in [0.2, 0.25) is 0 Å². The molecule has 4 aromatic rings. The maximum absolute atomic E-state index is 13.2. The van der Waals surface area contributed by atoms with E-state index in [0.29, 0.717) is 37.5 Å². The van der Waals surface area contributed by atoms with Crippen LogP contribution in [0.25, 0.3) is 11.1 Å². The second-order valence-electron chi connectivity index (χ2n) is 8.29. The second kappa shape index (κ2) is 10.3. The van der Waals surface area contributed by atoms with Crippen molar-refractivity contribution >= 4 is 11.6 Å². The lowest BCUT2D eigenvalue weighted by molar-refractivity contribution is -0.121. The molecular formula is C27H26N4O4. The summed E-state index contributed by atoms with van der Waals surface area (Å²) in [6.45, 7) is 0.739. The molecule has 0 fully saturated rings. The van der Waals surface area contributed by atoms with E-state index in [1.807, 2.05) is 60.8 Å². The Kier molecular flexibility index (Phi) is 6.61. The van der Waals surface area contributed by atoms with Crippen molar-refractivity contribution in [1.82, 2.24) is 15.2 Å². The lowest BCUT2D eigenvalue weighted by Crippen LogP contribution is -2.32. The number of hydrogen-bond donors (Lipinski definition) is 2. The standard InChI is InChI=1S/C27H26N4O4/c1-33-23-6-8-25-19(13-23)12-20(17-35-25)27(32)31-24-7-5-18(21-15-29-30-16-21)14-26(24)34-11-9-22-4-2-3-10-28-22/h2-8,10,13-16,20H,9,11-12,17H2,1H3,(H,29,30)(H,31,32). The zero-order valence-electron chi connectivity index (χ0n) is 19.4. The topological polar surface area (TPSA) is 98.4 Å². The number of fused-ring (bicyclic) bond motifs is 1. The number of H-pyrrole nitrogens is 1. The number of nitrogens with zero attached hydrogens (tertiary/aromatic N) is 2. The molecule has 2 aromatic carbocycles. The molecule has 0 radical (unpaired) electrons. The molecule has 8 heteroatoms. The third-order valence-corrected chi connectivity index (χ3v) is 5.96. The maximum Gasteiger partial charge on any atom is 0.231 e. The van der Waals surface area contributed by atoms with Crippen LogP contribution in [0.3, 0.4) is 0 Å². The number of aromatic amines is 1. The van der Waals surface area contributed by atoms with E-state index in [1.54, 1.807) is 19.5 Å². The van der Waals surface area contributed by atoms with Gasteiger partial charge < -0.3 is 19.5 Å². The van der Waals surface area contributed by atoms with Crippen LogP contribution < -0.4 is 19.5 Å². The first-order chi connectivity index (χ1) is 17.2. The summed E-state index contributed by atoms with van der Waals surface area (Å²) in [6.07, 6.45) is 6.55. The van der Waals surface area contributed by atoms with Crippen molar-refractivity contribution < 1.29 is 19.0 Å². The number of pyridine rings is 1. The van der Waals surface area contributed by atoms with Gasteiger partial charge in [-0.25, -0.2) is 0 Å². The molecule has 0 spiro atoms. The van der Waals surface area contributed by atoms with Crippen molar-refractivity contribution in [2.24, 2.45) is 5.92 Å². The van der Waals surface area contributed by atoms with E-state index < -0.39 is 0 Å². The summed E-state index contributed by atoms with van der Waals surface area (Å²) < 4.78 is 17.3. The van der Waals surface area contributed by atoms with Gasteiger partial charge >= 0.3 is 0 Å². The predicted octanol–water partition coefficient (Wildman–Crippen LogP) is 4.29. The second-order valence-corrected chi connectivity index (χ2v) is 8.29. The Morgan fingerprint density at radius 2 is 2.11 bits per heavy atom. The highest BCUT2D eigenvalue weighted by Crippen LogP contribution is 2.34. The predicted molar refractivity (Wildman–Crippen MR) is 132 cm³/mol. The number of nitrogens with one attached hydrogen (secondary N) is 2. The minimum absolute atomic E-state index is 0.121. The average Bonchev–Trinajstić information content (AvgIpc) is 3.44. The number of aromatic nitrogens is 3. The van der Waals surface area contributed by atoms with Gasteiger partial charge in [-0.05, 0) is 60.0 Å². The van der Waals surface area contributed by atoms with E-state index in [-0.39, 0.29) is 11.8 Å². The number of methoxy groups -OCH3 is 1. The first kappa shape index (κ1) is 22.5. The molecule has 5 rings (SSSR count).